The van der Waals surface area contributed by atoms with Gasteiger partial charge in [0.1, 0.15) is 0 Å². The van der Waals surface area contributed by atoms with E-state index in [2.05, 4.69) is 132 Å². The molecule has 0 saturated carbocycles. The summed E-state index contributed by atoms with van der Waals surface area (Å²) in [6.45, 7) is 0. The van der Waals surface area contributed by atoms with Gasteiger partial charge in [-0.25, -0.2) is 0 Å². The minimum atomic E-state index is -0.786. The molecule has 7 nitrogen and oxygen atoms in total. The number of hydrogen-bond acceptors (Lipinski definition) is 7. The summed E-state index contributed by atoms with van der Waals surface area (Å²) in [6.07, 6.45) is 11.1. The van der Waals surface area contributed by atoms with Gasteiger partial charge >= 0.3 is 0 Å². The van der Waals surface area contributed by atoms with Crippen molar-refractivity contribution < 1.29 is 0 Å². The minimum absolute atomic E-state index is 0.786. The smallest absolute Gasteiger partial charge is 0.0943 e. The van der Waals surface area contributed by atoms with Crippen molar-refractivity contribution in [2.24, 2.45) is 0 Å². The highest BCUT2D eigenvalue weighted by atomic mass is 15.2. The Morgan fingerprint density at radius 1 is 0.276 bits per heavy atom. The summed E-state index contributed by atoms with van der Waals surface area (Å²) in [5.41, 5.74) is 20.7. The highest BCUT2D eigenvalue weighted by Gasteiger charge is 2.64. The summed E-state index contributed by atoms with van der Waals surface area (Å²) >= 11 is 0. The molecule has 3 aliphatic carbocycles. The van der Waals surface area contributed by atoms with Gasteiger partial charge in [0, 0.05) is 53.9 Å². The second kappa shape index (κ2) is 9.65. The molecule has 3 aromatic heterocycles. The molecule has 6 heterocycles. The van der Waals surface area contributed by atoms with Crippen molar-refractivity contribution in [3.63, 3.8) is 0 Å². The van der Waals surface area contributed by atoms with Crippen LogP contribution in [0.1, 0.15) is 67.2 Å². The molecule has 0 bridgehead atoms. The molecule has 7 heteroatoms. The number of hydrogen-bond donors (Lipinski definition) is 0. The zero-order chi connectivity index (χ0) is 37.5. The van der Waals surface area contributed by atoms with E-state index in [1.54, 1.807) is 0 Å². The topological polar surface area (TPSA) is 80.6 Å². The zero-order valence-corrected chi connectivity index (χ0v) is 30.7. The highest BCUT2D eigenvalue weighted by molar-refractivity contribution is 6.06. The maximum atomic E-state index is 5.33. The van der Waals surface area contributed by atoms with Gasteiger partial charge in [-0.05, 0) is 50.1 Å². The van der Waals surface area contributed by atoms with Crippen molar-refractivity contribution in [3.8, 4) is 33.8 Å². The Morgan fingerprint density at radius 3 is 0.845 bits per heavy atom. The van der Waals surface area contributed by atoms with Crippen LogP contribution in [-0.2, 0) is 16.2 Å². The minimum Gasteiger partial charge on any atom is -0.308 e. The first kappa shape index (κ1) is 29.6. The molecule has 0 radical (unpaired) electrons. The molecule has 0 N–H and O–H groups in total. The first-order valence-corrected chi connectivity index (χ1v) is 19.8. The van der Waals surface area contributed by atoms with Gasteiger partial charge in [-0.1, -0.05) is 127 Å². The van der Waals surface area contributed by atoms with E-state index in [0.717, 1.165) is 67.9 Å². The maximum Gasteiger partial charge on any atom is 0.0943 e. The first-order chi connectivity index (χ1) is 28.8. The van der Waals surface area contributed by atoms with E-state index < -0.39 is 16.2 Å². The molecule has 6 aliphatic rings. The van der Waals surface area contributed by atoms with Crippen molar-refractivity contribution in [1.29, 1.82) is 0 Å². The Morgan fingerprint density at radius 2 is 0.534 bits per heavy atom. The van der Waals surface area contributed by atoms with Gasteiger partial charge in [0.05, 0.1) is 67.5 Å². The largest absolute Gasteiger partial charge is 0.308 e. The molecule has 9 aromatic rings. The van der Waals surface area contributed by atoms with Crippen molar-refractivity contribution >= 4 is 17.1 Å². The lowest BCUT2D eigenvalue weighted by atomic mass is 9.55. The second-order valence-corrected chi connectivity index (χ2v) is 16.1. The fraction of sp³-hybridized carbons (Fsp3) is 0.0588. The Kier molecular flexibility index (Phi) is 4.93. The summed E-state index contributed by atoms with van der Waals surface area (Å²) in [7, 11) is 0. The molecule has 0 unspecified atom stereocenters. The van der Waals surface area contributed by atoms with E-state index in [9.17, 15) is 0 Å². The molecule has 6 aromatic carbocycles. The van der Waals surface area contributed by atoms with Gasteiger partial charge in [-0.2, -0.15) is 0 Å². The SMILES string of the molecule is c1ccc2c(c1)-c1nccnc1C21c2cccc3c2N2c4c1cccc4C1(c4ccccc4-c4nccnc41)c1cccc(c12)C31c2ccccc2-c2nccnc21. The van der Waals surface area contributed by atoms with Crippen molar-refractivity contribution in [2.45, 2.75) is 16.2 Å². The van der Waals surface area contributed by atoms with E-state index in [1.807, 2.05) is 37.2 Å². The number of fused-ring (bicyclic) bond motifs is 21. The predicted molar refractivity (Wildman–Crippen MR) is 220 cm³/mol. The molecule has 266 valence electrons. The van der Waals surface area contributed by atoms with Gasteiger partial charge in [0.15, 0.2) is 0 Å². The molecule has 0 amide bonds. The third-order valence-electron chi connectivity index (χ3n) is 14.1. The number of aromatic nitrogens is 6. The van der Waals surface area contributed by atoms with Gasteiger partial charge < -0.3 is 4.90 Å². The van der Waals surface area contributed by atoms with Crippen LogP contribution < -0.4 is 4.90 Å². The molecule has 0 fully saturated rings. The molecule has 3 aliphatic heterocycles. The van der Waals surface area contributed by atoms with E-state index in [0.29, 0.717) is 0 Å². The highest BCUT2D eigenvalue weighted by Crippen LogP contribution is 2.74. The third-order valence-corrected chi connectivity index (χ3v) is 14.1. The average molecular weight is 738 g/mol. The van der Waals surface area contributed by atoms with Crippen molar-refractivity contribution in [1.82, 2.24) is 29.9 Å². The lowest BCUT2D eigenvalue weighted by molar-refractivity contribution is 0.648. The third kappa shape index (κ3) is 2.81. The van der Waals surface area contributed by atoms with Crippen LogP contribution in [0.2, 0.25) is 0 Å². The Bertz CT molecular complexity index is 2840. The summed E-state index contributed by atoms with van der Waals surface area (Å²) < 4.78 is 0. The number of anilines is 3. The number of nitrogens with zero attached hydrogens (tertiary/aromatic N) is 7. The summed E-state index contributed by atoms with van der Waals surface area (Å²) in [5.74, 6) is 0. The maximum absolute atomic E-state index is 5.33. The fourth-order valence-corrected chi connectivity index (χ4v) is 12.4. The van der Waals surface area contributed by atoms with Crippen LogP contribution in [0, 0.1) is 0 Å². The number of benzene rings is 6. The van der Waals surface area contributed by atoms with Crippen LogP contribution in [0.3, 0.4) is 0 Å². The summed E-state index contributed by atoms with van der Waals surface area (Å²) in [5, 5.41) is 0. The fourth-order valence-electron chi connectivity index (χ4n) is 12.4. The van der Waals surface area contributed by atoms with E-state index in [1.165, 1.54) is 50.1 Å². The standard InChI is InChI=1S/C51H27N7/c1-4-13-31-28(10-1)40-46(55-25-22-52-40)49(31)34-16-7-18-36-43(34)58-44-35(49)17-8-19-37(44)51(33-15-6-3-12-30(33)42-48(51)57-27-24-54-42)39-21-9-20-38(45(39)58)50(36)32-14-5-2-11-29(32)41-47(50)56-26-23-53-41/h1-27H. The van der Waals surface area contributed by atoms with Crippen LogP contribution >= 0.6 is 0 Å². The molecule has 0 atom stereocenters. The zero-order valence-electron chi connectivity index (χ0n) is 30.7. The first-order valence-electron chi connectivity index (χ1n) is 19.8. The molecule has 58 heavy (non-hydrogen) atoms. The quantitative estimate of drug-likeness (QED) is 0.153. The molecule has 15 rings (SSSR count). The Labute approximate surface area is 332 Å². The molecular weight excluding hydrogens is 711 g/mol. The lowest BCUT2D eigenvalue weighted by Gasteiger charge is -2.56. The van der Waals surface area contributed by atoms with Crippen LogP contribution in [0.5, 0.6) is 0 Å². The normalized spacial score (nSPS) is 21.6. The van der Waals surface area contributed by atoms with Crippen LogP contribution in [-0.4, -0.2) is 29.9 Å². The molecular formula is C51H27N7. The average Bonchev–Trinajstić information content (AvgIpc) is 3.87. The number of rotatable bonds is 0. The van der Waals surface area contributed by atoms with Gasteiger partial charge in [0.25, 0.3) is 0 Å². The van der Waals surface area contributed by atoms with E-state index in [-0.39, 0.29) is 0 Å². The Hall–Kier alpha value is -7.64. The van der Waals surface area contributed by atoms with Crippen LogP contribution in [0.15, 0.2) is 165 Å². The van der Waals surface area contributed by atoms with E-state index >= 15 is 0 Å². The second-order valence-electron chi connectivity index (χ2n) is 16.1. The van der Waals surface area contributed by atoms with Crippen molar-refractivity contribution in [3.05, 3.63) is 232 Å². The Balaban J connectivity index is 1.23. The van der Waals surface area contributed by atoms with Crippen LogP contribution in [0.4, 0.5) is 17.1 Å². The number of para-hydroxylation sites is 3. The van der Waals surface area contributed by atoms with E-state index in [4.69, 9.17) is 29.9 Å². The monoisotopic (exact) mass is 737 g/mol. The summed E-state index contributed by atoms with van der Waals surface area (Å²) in [6, 6.07) is 47.1. The van der Waals surface area contributed by atoms with Gasteiger partial charge in [-0.3, -0.25) is 29.9 Å². The molecule has 3 spiro atoms. The van der Waals surface area contributed by atoms with Gasteiger partial charge in [0.2, 0.25) is 0 Å². The van der Waals surface area contributed by atoms with Crippen LogP contribution in [0.25, 0.3) is 33.8 Å². The van der Waals surface area contributed by atoms with Crippen molar-refractivity contribution in [2.75, 3.05) is 4.90 Å². The molecule has 0 saturated heterocycles. The lowest BCUT2D eigenvalue weighted by Crippen LogP contribution is -2.48. The summed E-state index contributed by atoms with van der Waals surface area (Å²) in [4.78, 5) is 33.9. The van der Waals surface area contributed by atoms with Gasteiger partial charge in [-0.15, -0.1) is 0 Å². The predicted octanol–water partition coefficient (Wildman–Crippen LogP) is 9.56.